The summed E-state index contributed by atoms with van der Waals surface area (Å²) in [4.78, 5) is 0. The molecule has 0 fully saturated rings. The van der Waals surface area contributed by atoms with Crippen LogP contribution in [0.15, 0.2) is 40.9 Å². The Morgan fingerprint density at radius 3 is 2.45 bits per heavy atom. The molecule has 0 aliphatic rings. The highest BCUT2D eigenvalue weighted by atomic mass is 79.9. The van der Waals surface area contributed by atoms with Crippen molar-refractivity contribution in [3.05, 3.63) is 51.7 Å². The Labute approximate surface area is 129 Å². The van der Waals surface area contributed by atoms with Gasteiger partial charge in [0.25, 0.3) is 0 Å². The van der Waals surface area contributed by atoms with Crippen LogP contribution in [0.3, 0.4) is 0 Å². The fraction of sp³-hybridized carbons (Fsp3) is 0.143. The quantitative estimate of drug-likeness (QED) is 0.492. The first-order valence-corrected chi connectivity index (χ1v) is 6.99. The van der Waals surface area contributed by atoms with Crippen LogP contribution in [0, 0.1) is 5.82 Å². The van der Waals surface area contributed by atoms with Gasteiger partial charge in [0.15, 0.2) is 0 Å². The zero-order chi connectivity index (χ0) is 14.5. The standard InChI is InChI=1S/C14H12BrClFNO2/c15-9-7-10(16)11(17)8-14(9)20-6-5-19-13-4-2-1-3-12(13)18/h1-4,7-8H,5-6,18H2. The second-order valence-electron chi connectivity index (χ2n) is 3.93. The van der Waals surface area contributed by atoms with Gasteiger partial charge in [-0.25, -0.2) is 4.39 Å². The van der Waals surface area contributed by atoms with Crippen LogP contribution < -0.4 is 15.2 Å². The van der Waals surface area contributed by atoms with Crippen LogP contribution in [0.25, 0.3) is 0 Å². The third-order valence-corrected chi connectivity index (χ3v) is 3.40. The van der Waals surface area contributed by atoms with E-state index in [-0.39, 0.29) is 11.6 Å². The van der Waals surface area contributed by atoms with Crippen molar-refractivity contribution < 1.29 is 13.9 Å². The van der Waals surface area contributed by atoms with Crippen LogP contribution in [0.5, 0.6) is 11.5 Å². The number of benzene rings is 2. The molecule has 0 radical (unpaired) electrons. The fourth-order valence-corrected chi connectivity index (χ4v) is 2.28. The Balaban J connectivity index is 1.88. The highest BCUT2D eigenvalue weighted by Gasteiger charge is 2.08. The number of ether oxygens (including phenoxy) is 2. The van der Waals surface area contributed by atoms with Gasteiger partial charge in [0, 0.05) is 6.07 Å². The number of nitrogen functional groups attached to an aromatic ring is 1. The fourth-order valence-electron chi connectivity index (χ4n) is 1.53. The van der Waals surface area contributed by atoms with Crippen molar-refractivity contribution >= 4 is 33.2 Å². The van der Waals surface area contributed by atoms with Crippen molar-refractivity contribution in [2.75, 3.05) is 18.9 Å². The Morgan fingerprint density at radius 2 is 1.75 bits per heavy atom. The van der Waals surface area contributed by atoms with E-state index in [2.05, 4.69) is 15.9 Å². The maximum atomic E-state index is 13.3. The summed E-state index contributed by atoms with van der Waals surface area (Å²) < 4.78 is 24.8. The molecule has 0 aliphatic carbocycles. The molecule has 2 N–H and O–H groups in total. The summed E-state index contributed by atoms with van der Waals surface area (Å²) in [5, 5.41) is 0.0394. The molecule has 2 aromatic carbocycles. The molecule has 0 spiro atoms. The van der Waals surface area contributed by atoms with Crippen LogP contribution in [0.1, 0.15) is 0 Å². The molecule has 20 heavy (non-hydrogen) atoms. The van der Waals surface area contributed by atoms with Crippen LogP contribution in [0.4, 0.5) is 10.1 Å². The molecule has 2 aromatic rings. The molecule has 0 aliphatic heterocycles. The minimum atomic E-state index is -0.530. The van der Waals surface area contributed by atoms with Crippen LogP contribution in [-0.4, -0.2) is 13.2 Å². The monoisotopic (exact) mass is 359 g/mol. The molecule has 0 saturated carbocycles. The summed E-state index contributed by atoms with van der Waals surface area (Å²) in [6.45, 7) is 0.554. The molecule has 0 heterocycles. The molecule has 0 amide bonds. The highest BCUT2D eigenvalue weighted by Crippen LogP contribution is 2.30. The third-order valence-electron chi connectivity index (χ3n) is 2.49. The molecule has 3 nitrogen and oxygen atoms in total. The minimum Gasteiger partial charge on any atom is -0.489 e. The summed E-state index contributed by atoms with van der Waals surface area (Å²) in [5.41, 5.74) is 6.30. The molecule has 0 atom stereocenters. The van der Waals surface area contributed by atoms with E-state index in [0.29, 0.717) is 28.3 Å². The van der Waals surface area contributed by atoms with Gasteiger partial charge < -0.3 is 15.2 Å². The Bertz CT molecular complexity index is 610. The average molecular weight is 361 g/mol. The highest BCUT2D eigenvalue weighted by molar-refractivity contribution is 9.10. The number of nitrogens with two attached hydrogens (primary N) is 1. The smallest absolute Gasteiger partial charge is 0.145 e. The maximum Gasteiger partial charge on any atom is 0.145 e. The van der Waals surface area contributed by atoms with Gasteiger partial charge in [-0.05, 0) is 34.1 Å². The number of hydrogen-bond acceptors (Lipinski definition) is 3. The lowest BCUT2D eigenvalue weighted by atomic mass is 10.3. The summed E-state index contributed by atoms with van der Waals surface area (Å²) in [6, 6.07) is 9.85. The first kappa shape index (κ1) is 14.9. The van der Waals surface area contributed by atoms with E-state index < -0.39 is 5.82 Å². The number of para-hydroxylation sites is 2. The van der Waals surface area contributed by atoms with Crippen LogP contribution >= 0.6 is 27.5 Å². The second kappa shape index (κ2) is 6.81. The predicted molar refractivity (Wildman–Crippen MR) is 81.0 cm³/mol. The predicted octanol–water partition coefficient (Wildman–Crippen LogP) is 4.28. The zero-order valence-corrected chi connectivity index (χ0v) is 12.7. The average Bonchev–Trinajstić information content (AvgIpc) is 2.42. The van der Waals surface area contributed by atoms with Gasteiger partial charge in [-0.15, -0.1) is 0 Å². The molecule has 6 heteroatoms. The van der Waals surface area contributed by atoms with E-state index in [9.17, 15) is 4.39 Å². The lowest BCUT2D eigenvalue weighted by Crippen LogP contribution is -2.10. The summed E-state index contributed by atoms with van der Waals surface area (Å²) in [7, 11) is 0. The van der Waals surface area contributed by atoms with Gasteiger partial charge in [0.1, 0.15) is 30.5 Å². The molecule has 2 rings (SSSR count). The topological polar surface area (TPSA) is 44.5 Å². The normalized spacial score (nSPS) is 10.3. The lowest BCUT2D eigenvalue weighted by molar-refractivity contribution is 0.216. The van der Waals surface area contributed by atoms with E-state index in [1.807, 2.05) is 12.1 Å². The van der Waals surface area contributed by atoms with Gasteiger partial charge in [0.2, 0.25) is 0 Å². The molecule has 0 aromatic heterocycles. The zero-order valence-electron chi connectivity index (χ0n) is 10.4. The molecule has 106 valence electrons. The molecular formula is C14H12BrClFNO2. The Hall–Kier alpha value is -1.46. The van der Waals surface area contributed by atoms with Gasteiger partial charge >= 0.3 is 0 Å². The Kier molecular flexibility index (Phi) is 5.09. The van der Waals surface area contributed by atoms with Crippen molar-refractivity contribution in [2.24, 2.45) is 0 Å². The third kappa shape index (κ3) is 3.77. The lowest BCUT2D eigenvalue weighted by Gasteiger charge is -2.11. The molecule has 0 unspecified atom stereocenters. The van der Waals surface area contributed by atoms with Gasteiger partial charge in [-0.1, -0.05) is 23.7 Å². The largest absolute Gasteiger partial charge is 0.489 e. The van der Waals surface area contributed by atoms with Gasteiger partial charge in [-0.2, -0.15) is 0 Å². The van der Waals surface area contributed by atoms with Crippen molar-refractivity contribution in [3.8, 4) is 11.5 Å². The van der Waals surface area contributed by atoms with Crippen molar-refractivity contribution in [1.82, 2.24) is 0 Å². The maximum absolute atomic E-state index is 13.3. The minimum absolute atomic E-state index is 0.0394. The molecule has 0 saturated heterocycles. The second-order valence-corrected chi connectivity index (χ2v) is 5.19. The SMILES string of the molecule is Nc1ccccc1OCCOc1cc(F)c(Cl)cc1Br. The number of rotatable bonds is 5. The Morgan fingerprint density at radius 1 is 1.10 bits per heavy atom. The van der Waals surface area contributed by atoms with Crippen LogP contribution in [-0.2, 0) is 0 Å². The first-order valence-electron chi connectivity index (χ1n) is 5.82. The summed E-state index contributed by atoms with van der Waals surface area (Å²) in [5.74, 6) is 0.437. The van der Waals surface area contributed by atoms with Crippen molar-refractivity contribution in [3.63, 3.8) is 0 Å². The number of anilines is 1. The van der Waals surface area contributed by atoms with E-state index >= 15 is 0 Å². The first-order chi connectivity index (χ1) is 9.58. The number of hydrogen-bond donors (Lipinski definition) is 1. The van der Waals surface area contributed by atoms with Gasteiger partial charge in [-0.3, -0.25) is 0 Å². The number of halogens is 3. The molecule has 0 bridgehead atoms. The van der Waals surface area contributed by atoms with Gasteiger partial charge in [0.05, 0.1) is 15.2 Å². The van der Waals surface area contributed by atoms with E-state index in [1.54, 1.807) is 12.1 Å². The van der Waals surface area contributed by atoms with Crippen LogP contribution in [0.2, 0.25) is 5.02 Å². The van der Waals surface area contributed by atoms with E-state index in [4.69, 9.17) is 26.8 Å². The van der Waals surface area contributed by atoms with E-state index in [1.165, 1.54) is 12.1 Å². The van der Waals surface area contributed by atoms with E-state index in [0.717, 1.165) is 0 Å². The summed E-state index contributed by atoms with van der Waals surface area (Å²) in [6.07, 6.45) is 0. The summed E-state index contributed by atoms with van der Waals surface area (Å²) >= 11 is 8.90. The van der Waals surface area contributed by atoms with Crippen molar-refractivity contribution in [1.29, 1.82) is 0 Å². The molecular weight excluding hydrogens is 349 g/mol. The van der Waals surface area contributed by atoms with Crippen molar-refractivity contribution in [2.45, 2.75) is 0 Å².